The van der Waals surface area contributed by atoms with Crippen molar-refractivity contribution in [2.24, 2.45) is 0 Å². The third-order valence-electron chi connectivity index (χ3n) is 8.46. The smallest absolute Gasteiger partial charge is 0.155 e. The van der Waals surface area contributed by atoms with Gasteiger partial charge in [-0.05, 0) is 78.1 Å². The van der Waals surface area contributed by atoms with Crippen molar-refractivity contribution in [3.05, 3.63) is 89.3 Å². The summed E-state index contributed by atoms with van der Waals surface area (Å²) in [6.07, 6.45) is 5.62. The first kappa shape index (κ1) is 32.1. The van der Waals surface area contributed by atoms with E-state index < -0.39 is 0 Å². The molecule has 5 heteroatoms. The number of aromatic nitrogens is 1. The molecule has 2 heterocycles. The summed E-state index contributed by atoms with van der Waals surface area (Å²) in [6.45, 7) is 17.0. The van der Waals surface area contributed by atoms with Gasteiger partial charge in [0.2, 0.25) is 0 Å². The van der Waals surface area contributed by atoms with Crippen LogP contribution >= 0.6 is 11.3 Å². The van der Waals surface area contributed by atoms with E-state index in [1.807, 2.05) is 17.5 Å². The predicted octanol–water partition coefficient (Wildman–Crippen LogP) is 10.6. The fraction of sp³-hybridized carbons (Fsp3) is 0.351. The second-order valence-corrected chi connectivity index (χ2v) is 14.1. The average Bonchev–Trinajstić information content (AvgIpc) is 3.27. The first-order chi connectivity index (χ1) is 19.3. The Kier molecular flexibility index (Phi) is 9.19. The van der Waals surface area contributed by atoms with Crippen LogP contribution in [0.2, 0.25) is 0 Å². The SMILES string of the molecule is CC(=O)/C=C(/C)O.CC(C)c1cc(-c2nccc3c2sc2cc4c(cc23)C(C)(C)CCC4(C)C)[c-]c2ccccc12.[Ir]. The molecule has 3 aromatic carbocycles. The van der Waals surface area contributed by atoms with Gasteiger partial charge in [0.15, 0.2) is 5.78 Å². The van der Waals surface area contributed by atoms with Crippen LogP contribution in [0.15, 0.2) is 66.6 Å². The van der Waals surface area contributed by atoms with Crippen molar-refractivity contribution in [2.75, 3.05) is 0 Å². The summed E-state index contributed by atoms with van der Waals surface area (Å²) in [5.41, 5.74) is 7.00. The molecule has 6 rings (SSSR count). The van der Waals surface area contributed by atoms with Crippen molar-refractivity contribution in [1.29, 1.82) is 0 Å². The van der Waals surface area contributed by atoms with Gasteiger partial charge in [0, 0.05) is 52.9 Å². The number of pyridine rings is 1. The van der Waals surface area contributed by atoms with Gasteiger partial charge in [-0.15, -0.1) is 40.5 Å². The summed E-state index contributed by atoms with van der Waals surface area (Å²) in [6, 6.07) is 21.8. The van der Waals surface area contributed by atoms with E-state index >= 15 is 0 Å². The van der Waals surface area contributed by atoms with Gasteiger partial charge < -0.3 is 5.11 Å². The van der Waals surface area contributed by atoms with Crippen molar-refractivity contribution in [3.63, 3.8) is 0 Å². The Morgan fingerprint density at radius 1 is 0.952 bits per heavy atom. The second kappa shape index (κ2) is 12.0. The molecular weight excluding hydrogens is 715 g/mol. The number of aliphatic hydroxyl groups is 1. The number of thiophene rings is 1. The number of nitrogens with zero attached hydrogens (tertiary/aromatic N) is 1. The van der Waals surface area contributed by atoms with Crippen LogP contribution < -0.4 is 0 Å². The van der Waals surface area contributed by atoms with E-state index in [1.54, 1.807) is 0 Å². The first-order valence-electron chi connectivity index (χ1n) is 14.5. The van der Waals surface area contributed by atoms with Gasteiger partial charge in [-0.3, -0.25) is 9.78 Å². The minimum Gasteiger partial charge on any atom is -0.512 e. The number of ketones is 1. The van der Waals surface area contributed by atoms with Crippen molar-refractivity contribution in [3.8, 4) is 11.3 Å². The van der Waals surface area contributed by atoms with Gasteiger partial charge in [-0.25, -0.2) is 0 Å². The fourth-order valence-corrected chi connectivity index (χ4v) is 7.33. The van der Waals surface area contributed by atoms with E-state index in [4.69, 9.17) is 10.1 Å². The summed E-state index contributed by atoms with van der Waals surface area (Å²) in [4.78, 5) is 14.9. The fourth-order valence-electron chi connectivity index (χ4n) is 6.11. The Bertz CT molecular complexity index is 1820. The first-order valence-corrected chi connectivity index (χ1v) is 15.3. The van der Waals surface area contributed by atoms with Crippen LogP contribution in [0.5, 0.6) is 0 Å². The maximum Gasteiger partial charge on any atom is 0.155 e. The topological polar surface area (TPSA) is 50.2 Å². The van der Waals surface area contributed by atoms with E-state index in [2.05, 4.69) is 96.1 Å². The van der Waals surface area contributed by atoms with Crippen LogP contribution in [-0.2, 0) is 35.7 Å². The van der Waals surface area contributed by atoms with Crippen LogP contribution in [0.3, 0.4) is 0 Å². The number of hydrogen-bond donors (Lipinski definition) is 1. The van der Waals surface area contributed by atoms with Crippen molar-refractivity contribution in [1.82, 2.24) is 4.98 Å². The van der Waals surface area contributed by atoms with Crippen molar-refractivity contribution >= 4 is 48.1 Å². The summed E-state index contributed by atoms with van der Waals surface area (Å²) >= 11 is 1.89. The van der Waals surface area contributed by atoms with Crippen LogP contribution in [0.4, 0.5) is 0 Å². The maximum atomic E-state index is 10.0. The van der Waals surface area contributed by atoms with Gasteiger partial charge in [0.1, 0.15) is 0 Å². The van der Waals surface area contributed by atoms with E-state index in [0.717, 1.165) is 11.3 Å². The minimum absolute atomic E-state index is 0. The number of rotatable bonds is 3. The number of carbonyl (C=O) groups is 1. The van der Waals surface area contributed by atoms with Crippen LogP contribution in [0, 0.1) is 6.07 Å². The number of benzene rings is 3. The number of allylic oxidation sites excluding steroid dienone is 2. The number of carbonyl (C=O) groups excluding carboxylic acids is 1. The molecule has 1 radical (unpaired) electrons. The van der Waals surface area contributed by atoms with E-state index in [0.29, 0.717) is 5.92 Å². The average molecular weight is 755 g/mol. The molecule has 2 aromatic heterocycles. The molecule has 0 spiro atoms. The molecule has 1 aliphatic rings. The molecule has 221 valence electrons. The van der Waals surface area contributed by atoms with Gasteiger partial charge in [0.25, 0.3) is 0 Å². The molecule has 5 aromatic rings. The number of hydrogen-bond acceptors (Lipinski definition) is 4. The zero-order chi connectivity index (χ0) is 29.7. The number of aliphatic hydroxyl groups excluding tert-OH is 1. The van der Waals surface area contributed by atoms with Crippen molar-refractivity contribution in [2.45, 2.75) is 85.0 Å². The standard InChI is InChI=1S/C32H32NS.C5H8O2.Ir/c1-19(2)24-16-21(15-20-9-7-8-10-22(20)24)29-30-23(11-14-33-29)25-17-26-27(18-28(25)34-30)32(5,6)13-12-31(26,3)4;1-4(6)3-5(2)7;/h7-11,14,16-19H,12-13H2,1-6H3;3,6H,1-2H3;/q-1;;/b;4-3-;. The quantitative estimate of drug-likeness (QED) is 0.113. The molecule has 0 atom stereocenters. The molecule has 0 amide bonds. The molecule has 42 heavy (non-hydrogen) atoms. The Balaban J connectivity index is 0.000000454. The second-order valence-electron chi connectivity index (χ2n) is 13.0. The van der Waals surface area contributed by atoms with Crippen LogP contribution in [-0.4, -0.2) is 15.9 Å². The zero-order valence-corrected chi connectivity index (χ0v) is 29.0. The van der Waals surface area contributed by atoms with Crippen LogP contribution in [0.25, 0.3) is 42.2 Å². The molecule has 3 nitrogen and oxygen atoms in total. The normalized spacial score (nSPS) is 15.7. The Labute approximate surface area is 267 Å². The molecule has 0 aliphatic heterocycles. The molecule has 0 saturated heterocycles. The zero-order valence-electron chi connectivity index (χ0n) is 25.8. The monoisotopic (exact) mass is 755 g/mol. The molecule has 0 unspecified atom stereocenters. The molecule has 1 aliphatic carbocycles. The summed E-state index contributed by atoms with van der Waals surface area (Å²) in [5, 5.41) is 13.5. The van der Waals surface area contributed by atoms with Crippen LogP contribution in [0.1, 0.15) is 90.8 Å². The molecule has 1 N–H and O–H groups in total. The Morgan fingerprint density at radius 2 is 1.60 bits per heavy atom. The molecule has 0 bridgehead atoms. The maximum absolute atomic E-state index is 10.0. The molecule has 0 saturated carbocycles. The van der Waals surface area contributed by atoms with Gasteiger partial charge >= 0.3 is 0 Å². The minimum atomic E-state index is -0.125. The van der Waals surface area contributed by atoms with E-state index in [1.165, 1.54) is 80.4 Å². The largest absolute Gasteiger partial charge is 0.512 e. The number of fused-ring (bicyclic) bond motifs is 5. The Hall–Kier alpha value is -2.85. The van der Waals surface area contributed by atoms with Gasteiger partial charge in [0.05, 0.1) is 5.76 Å². The molecular formula is C37H40IrNO2S-. The molecule has 0 fully saturated rings. The third kappa shape index (κ3) is 6.11. The van der Waals surface area contributed by atoms with Gasteiger partial charge in [-0.2, -0.15) is 0 Å². The predicted molar refractivity (Wildman–Crippen MR) is 175 cm³/mol. The van der Waals surface area contributed by atoms with E-state index in [-0.39, 0.29) is 42.5 Å². The Morgan fingerprint density at radius 3 is 2.19 bits per heavy atom. The summed E-state index contributed by atoms with van der Waals surface area (Å²) < 4.78 is 2.65. The van der Waals surface area contributed by atoms with Gasteiger partial charge in [-0.1, -0.05) is 70.7 Å². The third-order valence-corrected chi connectivity index (χ3v) is 9.63. The van der Waals surface area contributed by atoms with E-state index in [9.17, 15) is 4.79 Å². The summed E-state index contributed by atoms with van der Waals surface area (Å²) in [5.74, 6) is 0.378. The van der Waals surface area contributed by atoms with Crippen molar-refractivity contribution < 1.29 is 30.0 Å². The summed E-state index contributed by atoms with van der Waals surface area (Å²) in [7, 11) is 0.